The van der Waals surface area contributed by atoms with E-state index < -0.39 is 18.4 Å². The molecule has 0 spiro atoms. The molecule has 3 N–H and O–H groups in total. The fourth-order valence-electron chi connectivity index (χ4n) is 3.76. The molecule has 1 unspecified atom stereocenters. The lowest BCUT2D eigenvalue weighted by Crippen LogP contribution is -2.67. The molecule has 33 heavy (non-hydrogen) atoms. The summed E-state index contributed by atoms with van der Waals surface area (Å²) in [5.74, 6) is 0.753. The number of anilines is 1. The van der Waals surface area contributed by atoms with Crippen LogP contribution in [0.15, 0.2) is 48.5 Å². The molecule has 2 aromatic carbocycles. The van der Waals surface area contributed by atoms with Crippen molar-refractivity contribution >= 4 is 29.4 Å². The minimum Gasteiger partial charge on any atom is -0.490 e. The van der Waals surface area contributed by atoms with Gasteiger partial charge in [0.2, 0.25) is 0 Å². The zero-order valence-electron chi connectivity index (χ0n) is 18.1. The van der Waals surface area contributed by atoms with Gasteiger partial charge in [-0.15, -0.1) is 0 Å². The van der Waals surface area contributed by atoms with E-state index in [9.17, 15) is 14.7 Å². The van der Waals surface area contributed by atoms with Gasteiger partial charge in [0.1, 0.15) is 11.9 Å². The summed E-state index contributed by atoms with van der Waals surface area (Å²) in [7, 11) is 0. The predicted octanol–water partition coefficient (Wildman–Crippen LogP) is 3.23. The summed E-state index contributed by atoms with van der Waals surface area (Å²) in [5.41, 5.74) is 1.56. The third kappa shape index (κ3) is 5.87. The number of amides is 4. The molecule has 1 atom stereocenters. The van der Waals surface area contributed by atoms with Crippen LogP contribution in [0, 0.1) is 0 Å². The predicted molar refractivity (Wildman–Crippen MR) is 123 cm³/mol. The molecule has 10 heteroatoms. The largest absolute Gasteiger partial charge is 0.490 e. The molecule has 0 aromatic heterocycles. The van der Waals surface area contributed by atoms with Gasteiger partial charge < -0.3 is 19.9 Å². The first-order valence-corrected chi connectivity index (χ1v) is 11.3. The van der Waals surface area contributed by atoms with Gasteiger partial charge in [-0.05, 0) is 42.0 Å². The lowest BCUT2D eigenvalue weighted by Gasteiger charge is -2.41. The van der Waals surface area contributed by atoms with E-state index in [0.29, 0.717) is 23.9 Å². The van der Waals surface area contributed by atoms with Crippen LogP contribution in [0.1, 0.15) is 18.4 Å². The lowest BCUT2D eigenvalue weighted by atomic mass is 10.1. The summed E-state index contributed by atoms with van der Waals surface area (Å²) in [6.45, 7) is 1.24. The Kier molecular flexibility index (Phi) is 7.54. The molecule has 0 bridgehead atoms. The van der Waals surface area contributed by atoms with Gasteiger partial charge in [0.25, 0.3) is 0 Å². The van der Waals surface area contributed by atoms with Crippen molar-refractivity contribution in [2.24, 2.45) is 0 Å². The molecule has 2 heterocycles. The summed E-state index contributed by atoms with van der Waals surface area (Å²) < 4.78 is 11.4. The zero-order valence-corrected chi connectivity index (χ0v) is 18.8. The highest BCUT2D eigenvalue weighted by molar-refractivity contribution is 6.30. The van der Waals surface area contributed by atoms with Crippen LogP contribution < -0.4 is 15.4 Å². The van der Waals surface area contributed by atoms with Gasteiger partial charge in [0.15, 0.2) is 6.29 Å². The Bertz CT molecular complexity index is 950. The normalized spacial score (nSPS) is 19.4. The molecular weight excluding hydrogens is 448 g/mol. The van der Waals surface area contributed by atoms with E-state index in [4.69, 9.17) is 21.1 Å². The number of aliphatic hydroxyl groups excluding tert-OH is 1. The summed E-state index contributed by atoms with van der Waals surface area (Å²) in [6, 6.07) is 13.4. The molecule has 9 nitrogen and oxygen atoms in total. The number of imide groups is 1. The Hall–Kier alpha value is -3.01. The number of aliphatic hydroxyl groups is 1. The van der Waals surface area contributed by atoms with Crippen molar-refractivity contribution in [2.75, 3.05) is 31.7 Å². The number of benzene rings is 2. The van der Waals surface area contributed by atoms with E-state index in [1.807, 2.05) is 36.4 Å². The molecule has 4 rings (SSSR count). The van der Waals surface area contributed by atoms with Crippen molar-refractivity contribution in [3.63, 3.8) is 0 Å². The monoisotopic (exact) mass is 474 g/mol. The standard InChI is InChI=1S/C23H27ClN4O5/c24-17-3-1-16(2-4-17)15-28-21(26-22(30)27(11-12-29)23(28)31)25-18-5-7-19(8-6-18)33-20-9-13-32-14-10-20/h1-8,20-21,25,29H,9-15H2,(H,26,30). The number of halogens is 1. The van der Waals surface area contributed by atoms with Crippen molar-refractivity contribution in [2.45, 2.75) is 31.8 Å². The number of nitrogens with zero attached hydrogens (tertiary/aromatic N) is 2. The van der Waals surface area contributed by atoms with E-state index in [1.165, 1.54) is 4.90 Å². The minimum atomic E-state index is -0.780. The van der Waals surface area contributed by atoms with Crippen molar-refractivity contribution in [1.29, 1.82) is 0 Å². The molecule has 2 aliphatic rings. The highest BCUT2D eigenvalue weighted by atomic mass is 35.5. The number of β-amino-alcohol motifs (C(OH)–C–C–N with tert-alkyl or cyclic N) is 1. The van der Waals surface area contributed by atoms with Crippen molar-refractivity contribution in [3.05, 3.63) is 59.1 Å². The highest BCUT2D eigenvalue weighted by Gasteiger charge is 2.38. The number of carbonyl (C=O) groups excluding carboxylic acids is 2. The Balaban J connectivity index is 1.47. The summed E-state index contributed by atoms with van der Waals surface area (Å²) in [6.07, 6.45) is 1.08. The molecule has 2 fully saturated rings. The molecule has 0 radical (unpaired) electrons. The second kappa shape index (κ2) is 10.7. The number of urea groups is 2. The average Bonchev–Trinajstić information content (AvgIpc) is 2.82. The van der Waals surface area contributed by atoms with E-state index in [2.05, 4.69) is 10.6 Å². The van der Waals surface area contributed by atoms with Crippen molar-refractivity contribution in [1.82, 2.24) is 15.1 Å². The minimum absolute atomic E-state index is 0.0905. The molecule has 4 amide bonds. The van der Waals surface area contributed by atoms with E-state index in [-0.39, 0.29) is 25.8 Å². The van der Waals surface area contributed by atoms with Crippen LogP contribution in [0.4, 0.5) is 15.3 Å². The molecule has 0 saturated carbocycles. The van der Waals surface area contributed by atoms with Crippen LogP contribution in [0.5, 0.6) is 5.75 Å². The van der Waals surface area contributed by atoms with Crippen LogP contribution in [-0.4, -0.2) is 65.7 Å². The van der Waals surface area contributed by atoms with Gasteiger partial charge in [-0.25, -0.2) is 14.5 Å². The Labute approximate surface area is 197 Å². The first-order chi connectivity index (χ1) is 16.0. The quantitative estimate of drug-likeness (QED) is 0.542. The maximum absolute atomic E-state index is 13.1. The van der Waals surface area contributed by atoms with Crippen molar-refractivity contribution < 1.29 is 24.2 Å². The first-order valence-electron chi connectivity index (χ1n) is 10.9. The Morgan fingerprint density at radius 3 is 2.45 bits per heavy atom. The molecule has 2 aliphatic heterocycles. The summed E-state index contributed by atoms with van der Waals surface area (Å²) in [5, 5.41) is 15.8. The van der Waals surface area contributed by atoms with Crippen LogP contribution in [0.3, 0.4) is 0 Å². The van der Waals surface area contributed by atoms with Crippen molar-refractivity contribution in [3.8, 4) is 5.75 Å². The molecule has 0 aliphatic carbocycles. The van der Waals surface area contributed by atoms with Crippen LogP contribution in [0.2, 0.25) is 5.02 Å². The van der Waals surface area contributed by atoms with Gasteiger partial charge in [-0.1, -0.05) is 23.7 Å². The number of nitrogens with one attached hydrogen (secondary N) is 2. The van der Waals surface area contributed by atoms with E-state index >= 15 is 0 Å². The summed E-state index contributed by atoms with van der Waals surface area (Å²) >= 11 is 5.97. The fraction of sp³-hybridized carbons (Fsp3) is 0.391. The highest BCUT2D eigenvalue weighted by Crippen LogP contribution is 2.23. The van der Waals surface area contributed by atoms with Crippen LogP contribution in [0.25, 0.3) is 0 Å². The topological polar surface area (TPSA) is 103 Å². The Morgan fingerprint density at radius 2 is 1.79 bits per heavy atom. The maximum atomic E-state index is 13.1. The SMILES string of the molecule is O=C1NC(Nc2ccc(OC3CCOCC3)cc2)N(Cc2ccc(Cl)cc2)C(=O)N1CCO. The molecule has 176 valence electrons. The average molecular weight is 475 g/mol. The zero-order chi connectivity index (χ0) is 23.2. The number of carbonyl (C=O) groups is 2. The third-order valence-electron chi connectivity index (χ3n) is 5.51. The van der Waals surface area contributed by atoms with Gasteiger partial charge in [0.05, 0.1) is 32.9 Å². The van der Waals surface area contributed by atoms with Crippen LogP contribution >= 0.6 is 11.6 Å². The number of hydrogen-bond acceptors (Lipinski definition) is 6. The smallest absolute Gasteiger partial charge is 0.331 e. The van der Waals surface area contributed by atoms with Gasteiger partial charge >= 0.3 is 12.1 Å². The second-order valence-electron chi connectivity index (χ2n) is 7.86. The molecule has 2 aromatic rings. The van der Waals surface area contributed by atoms with Gasteiger partial charge in [-0.2, -0.15) is 0 Å². The van der Waals surface area contributed by atoms with Gasteiger partial charge in [0, 0.05) is 23.6 Å². The van der Waals surface area contributed by atoms with E-state index in [1.54, 1.807) is 12.1 Å². The number of ether oxygens (including phenoxy) is 2. The molecule has 2 saturated heterocycles. The second-order valence-corrected chi connectivity index (χ2v) is 8.30. The third-order valence-corrected chi connectivity index (χ3v) is 5.76. The number of rotatable bonds is 8. The summed E-state index contributed by atoms with van der Waals surface area (Å²) in [4.78, 5) is 28.0. The maximum Gasteiger partial charge on any atom is 0.331 e. The first kappa shape index (κ1) is 23.2. The van der Waals surface area contributed by atoms with E-state index in [0.717, 1.165) is 29.1 Å². The number of hydrogen-bond donors (Lipinski definition) is 3. The Morgan fingerprint density at radius 1 is 1.09 bits per heavy atom. The lowest BCUT2D eigenvalue weighted by molar-refractivity contribution is 0.0256. The van der Waals surface area contributed by atoms with Crippen LogP contribution in [-0.2, 0) is 11.3 Å². The molecular formula is C23H27ClN4O5. The van der Waals surface area contributed by atoms with Gasteiger partial charge in [-0.3, -0.25) is 10.2 Å². The fourth-order valence-corrected chi connectivity index (χ4v) is 3.88.